The monoisotopic (exact) mass is 472 g/mol. The summed E-state index contributed by atoms with van der Waals surface area (Å²) in [5, 5.41) is 3.10. The van der Waals surface area contributed by atoms with Crippen molar-refractivity contribution < 1.29 is 17.9 Å². The lowest BCUT2D eigenvalue weighted by atomic mass is 10.1. The van der Waals surface area contributed by atoms with E-state index in [0.29, 0.717) is 10.7 Å². The van der Waals surface area contributed by atoms with Crippen LogP contribution in [0.5, 0.6) is 5.75 Å². The van der Waals surface area contributed by atoms with Gasteiger partial charge in [-0.05, 0) is 61.4 Å². The summed E-state index contributed by atoms with van der Waals surface area (Å²) in [5.41, 5.74) is 2.39. The molecule has 32 heavy (non-hydrogen) atoms. The fraction of sp³-hybridized carbons (Fsp3) is 0.208. The Kier molecular flexibility index (Phi) is 7.77. The first-order chi connectivity index (χ1) is 15.3. The lowest BCUT2D eigenvalue weighted by molar-refractivity contribution is -0.119. The van der Waals surface area contributed by atoms with E-state index < -0.39 is 15.9 Å². The van der Waals surface area contributed by atoms with Crippen LogP contribution in [0.3, 0.4) is 0 Å². The lowest BCUT2D eigenvalue weighted by Crippen LogP contribution is -2.41. The van der Waals surface area contributed by atoms with Gasteiger partial charge in [-0.25, -0.2) is 8.42 Å². The van der Waals surface area contributed by atoms with Gasteiger partial charge in [-0.2, -0.15) is 0 Å². The lowest BCUT2D eigenvalue weighted by Gasteiger charge is -2.24. The molecule has 8 heteroatoms. The first-order valence-corrected chi connectivity index (χ1v) is 11.9. The number of hydrogen-bond donors (Lipinski definition) is 1. The Balaban J connectivity index is 1.69. The number of hydrogen-bond acceptors (Lipinski definition) is 4. The number of ether oxygens (including phenoxy) is 1. The molecule has 0 aliphatic carbocycles. The van der Waals surface area contributed by atoms with E-state index >= 15 is 0 Å². The maximum Gasteiger partial charge on any atom is 0.264 e. The molecule has 0 saturated carbocycles. The summed E-state index contributed by atoms with van der Waals surface area (Å²) in [6.07, 6.45) is 0. The fourth-order valence-electron chi connectivity index (χ4n) is 3.07. The zero-order chi connectivity index (χ0) is 23.1. The second kappa shape index (κ2) is 10.5. The van der Waals surface area contributed by atoms with Gasteiger partial charge in [0.05, 0.1) is 17.1 Å². The second-order valence-electron chi connectivity index (χ2n) is 7.27. The molecule has 0 unspecified atom stereocenters. The highest BCUT2D eigenvalue weighted by atomic mass is 35.5. The molecule has 168 valence electrons. The third-order valence-corrected chi connectivity index (χ3v) is 6.76. The van der Waals surface area contributed by atoms with Gasteiger partial charge < -0.3 is 10.1 Å². The molecule has 1 amide bonds. The summed E-state index contributed by atoms with van der Waals surface area (Å²) >= 11 is 6.07. The summed E-state index contributed by atoms with van der Waals surface area (Å²) in [7, 11) is -3.97. The summed E-state index contributed by atoms with van der Waals surface area (Å²) in [5.74, 6) is 0.306. The number of rotatable bonds is 9. The molecule has 0 spiro atoms. The predicted molar refractivity (Wildman–Crippen MR) is 127 cm³/mol. The normalized spacial score (nSPS) is 11.1. The second-order valence-corrected chi connectivity index (χ2v) is 9.57. The van der Waals surface area contributed by atoms with Crippen LogP contribution in [0.4, 0.5) is 5.69 Å². The van der Waals surface area contributed by atoms with E-state index in [2.05, 4.69) is 5.32 Å². The van der Waals surface area contributed by atoms with Gasteiger partial charge in [0.25, 0.3) is 10.0 Å². The molecule has 0 saturated heterocycles. The van der Waals surface area contributed by atoms with Crippen LogP contribution in [0.2, 0.25) is 5.02 Å². The molecule has 0 bridgehead atoms. The van der Waals surface area contributed by atoms with E-state index in [1.54, 1.807) is 36.4 Å². The number of anilines is 1. The summed E-state index contributed by atoms with van der Waals surface area (Å²) < 4.78 is 33.3. The first kappa shape index (κ1) is 23.6. The number of sulfonamides is 1. The van der Waals surface area contributed by atoms with Crippen molar-refractivity contribution in [3.63, 3.8) is 0 Å². The average molecular weight is 473 g/mol. The maximum absolute atomic E-state index is 13.2. The van der Waals surface area contributed by atoms with Crippen LogP contribution in [0.1, 0.15) is 11.1 Å². The fourth-order valence-corrected chi connectivity index (χ4v) is 4.68. The SMILES string of the molecule is Cc1ccc(C)c(OCCNC(=O)CN(c2cccc(Cl)c2)S(=O)(=O)c2ccccc2)c1. The van der Waals surface area contributed by atoms with Gasteiger partial charge in [-0.15, -0.1) is 0 Å². The van der Waals surface area contributed by atoms with Gasteiger partial charge in [-0.1, -0.05) is 48.0 Å². The summed E-state index contributed by atoms with van der Waals surface area (Å²) in [6.45, 7) is 4.04. The Morgan fingerprint density at radius 3 is 2.47 bits per heavy atom. The number of nitrogens with one attached hydrogen (secondary N) is 1. The molecular weight excluding hydrogens is 448 g/mol. The predicted octanol–water partition coefficient (Wildman–Crippen LogP) is 4.35. The van der Waals surface area contributed by atoms with E-state index in [1.807, 2.05) is 32.0 Å². The number of carbonyl (C=O) groups excluding carboxylic acids is 1. The van der Waals surface area contributed by atoms with Gasteiger partial charge in [0.1, 0.15) is 18.9 Å². The van der Waals surface area contributed by atoms with Gasteiger partial charge in [0, 0.05) is 5.02 Å². The highest BCUT2D eigenvalue weighted by molar-refractivity contribution is 7.92. The third kappa shape index (κ3) is 6.02. The van der Waals surface area contributed by atoms with Crippen LogP contribution in [0.25, 0.3) is 0 Å². The molecule has 6 nitrogen and oxygen atoms in total. The van der Waals surface area contributed by atoms with E-state index in [0.717, 1.165) is 21.2 Å². The molecule has 1 N–H and O–H groups in total. The van der Waals surface area contributed by atoms with Gasteiger partial charge in [0.2, 0.25) is 5.91 Å². The van der Waals surface area contributed by atoms with Crippen LogP contribution < -0.4 is 14.4 Å². The molecule has 3 aromatic carbocycles. The van der Waals surface area contributed by atoms with Crippen molar-refractivity contribution in [3.05, 3.63) is 88.9 Å². The molecule has 3 aromatic rings. The average Bonchev–Trinajstić information content (AvgIpc) is 2.77. The minimum Gasteiger partial charge on any atom is -0.491 e. The van der Waals surface area contributed by atoms with Crippen molar-refractivity contribution in [2.75, 3.05) is 24.0 Å². The number of nitrogens with zero attached hydrogens (tertiary/aromatic N) is 1. The van der Waals surface area contributed by atoms with Crippen molar-refractivity contribution in [3.8, 4) is 5.75 Å². The van der Waals surface area contributed by atoms with Gasteiger partial charge in [0.15, 0.2) is 0 Å². The van der Waals surface area contributed by atoms with Crippen molar-refractivity contribution in [2.45, 2.75) is 18.7 Å². The number of aryl methyl sites for hydroxylation is 2. The number of halogens is 1. The number of benzene rings is 3. The Hall–Kier alpha value is -3.03. The topological polar surface area (TPSA) is 75.7 Å². The molecule has 0 aliphatic heterocycles. The highest BCUT2D eigenvalue weighted by Gasteiger charge is 2.27. The van der Waals surface area contributed by atoms with E-state index in [1.165, 1.54) is 18.2 Å². The Labute approximate surface area is 193 Å². The minimum atomic E-state index is -3.97. The van der Waals surface area contributed by atoms with Crippen LogP contribution in [-0.2, 0) is 14.8 Å². The largest absolute Gasteiger partial charge is 0.491 e. The Morgan fingerprint density at radius 1 is 1.00 bits per heavy atom. The molecule has 0 radical (unpaired) electrons. The highest BCUT2D eigenvalue weighted by Crippen LogP contribution is 2.26. The molecule has 0 heterocycles. The Morgan fingerprint density at radius 2 is 1.75 bits per heavy atom. The Bertz CT molecular complexity index is 1180. The quantitative estimate of drug-likeness (QED) is 0.470. The minimum absolute atomic E-state index is 0.0889. The van der Waals surface area contributed by atoms with Crippen molar-refractivity contribution in [2.24, 2.45) is 0 Å². The van der Waals surface area contributed by atoms with Crippen molar-refractivity contribution in [1.82, 2.24) is 5.32 Å². The molecule has 0 aromatic heterocycles. The molecule has 0 aliphatic rings. The van der Waals surface area contributed by atoms with Crippen LogP contribution in [0.15, 0.2) is 77.7 Å². The first-order valence-electron chi connectivity index (χ1n) is 10.1. The standard InChI is InChI=1S/C24H25ClN2O4S/c1-18-11-12-19(2)23(15-18)31-14-13-26-24(28)17-27(21-8-6-7-20(25)16-21)32(29,30)22-9-4-3-5-10-22/h3-12,15-16H,13-14,17H2,1-2H3,(H,26,28). The van der Waals surface area contributed by atoms with E-state index in [9.17, 15) is 13.2 Å². The number of carbonyl (C=O) groups is 1. The van der Waals surface area contributed by atoms with Crippen LogP contribution in [0, 0.1) is 13.8 Å². The van der Waals surface area contributed by atoms with Gasteiger partial charge in [-0.3, -0.25) is 9.10 Å². The molecular formula is C24H25ClN2O4S. The summed E-state index contributed by atoms with van der Waals surface area (Å²) in [4.78, 5) is 12.7. The maximum atomic E-state index is 13.2. The molecule has 0 fully saturated rings. The zero-order valence-electron chi connectivity index (χ0n) is 17.9. The molecule has 0 atom stereocenters. The van der Waals surface area contributed by atoms with Crippen LogP contribution >= 0.6 is 11.6 Å². The smallest absolute Gasteiger partial charge is 0.264 e. The summed E-state index contributed by atoms with van der Waals surface area (Å²) in [6, 6.07) is 20.3. The van der Waals surface area contributed by atoms with Crippen molar-refractivity contribution >= 4 is 33.2 Å². The third-order valence-electron chi connectivity index (χ3n) is 4.74. The van der Waals surface area contributed by atoms with Crippen molar-refractivity contribution in [1.29, 1.82) is 0 Å². The van der Waals surface area contributed by atoms with Gasteiger partial charge >= 0.3 is 0 Å². The molecule has 3 rings (SSSR count). The van der Waals surface area contributed by atoms with E-state index in [-0.39, 0.29) is 24.6 Å². The number of amides is 1. The zero-order valence-corrected chi connectivity index (χ0v) is 19.5. The van der Waals surface area contributed by atoms with Crippen LogP contribution in [-0.4, -0.2) is 34.0 Å². The van der Waals surface area contributed by atoms with E-state index in [4.69, 9.17) is 16.3 Å².